The fourth-order valence-electron chi connectivity index (χ4n) is 4.04. The first-order valence-corrected chi connectivity index (χ1v) is 9.64. The normalized spacial score (nSPS) is 13.6. The largest absolute Gasteiger partial charge is 0.412 e. The van der Waals surface area contributed by atoms with Crippen LogP contribution < -0.4 is 4.90 Å². The third-order valence-electron chi connectivity index (χ3n) is 5.34. The number of halogens is 1. The summed E-state index contributed by atoms with van der Waals surface area (Å²) >= 11 is 0. The maximum atomic E-state index is 4.69. The lowest BCUT2D eigenvalue weighted by atomic mass is 10.0. The molecule has 0 saturated carbocycles. The average molecular weight is 409 g/mol. The number of anilines is 1. The van der Waals surface area contributed by atoms with Crippen LogP contribution in [0.2, 0.25) is 0 Å². The molecular weight excluding hydrogens is 384 g/mol. The number of nitrogens with zero attached hydrogens (tertiary/aromatic N) is 3. The molecule has 1 aliphatic heterocycles. The summed E-state index contributed by atoms with van der Waals surface area (Å²) in [4.78, 5) is 15.4. The van der Waals surface area contributed by atoms with E-state index in [1.807, 2.05) is 6.07 Å². The Morgan fingerprint density at radius 2 is 1.38 bits per heavy atom. The Balaban J connectivity index is 0.00000120. The van der Waals surface area contributed by atoms with Gasteiger partial charge in [0.15, 0.2) is 5.82 Å². The summed E-state index contributed by atoms with van der Waals surface area (Å²) in [6.07, 6.45) is 5.47. The van der Waals surface area contributed by atoms with Crippen LogP contribution in [0.3, 0.4) is 0 Å². The lowest BCUT2D eigenvalue weighted by molar-refractivity contribution is 0.574. The van der Waals surface area contributed by atoms with Crippen LogP contribution in [-0.4, -0.2) is 33.5 Å². The molecule has 1 saturated heterocycles. The molecule has 0 aliphatic carbocycles. The number of aromatic amines is 1. The number of H-pyrrole nitrogens is 1. The second-order valence-electron chi connectivity index (χ2n) is 7.08. The summed E-state index contributed by atoms with van der Waals surface area (Å²) in [5.74, 6) is 1.03. The highest BCUT2D eigenvalue weighted by Gasteiger charge is 2.22. The number of aromatic nitrogens is 3. The second kappa shape index (κ2) is 9.07. The summed E-state index contributed by atoms with van der Waals surface area (Å²) in [6.45, 7) is 2.12. The smallest absolute Gasteiger partial charge is 0.156 e. The van der Waals surface area contributed by atoms with Crippen molar-refractivity contribution in [3.8, 4) is 22.4 Å². The Morgan fingerprint density at radius 3 is 2.03 bits per heavy atom. The molecule has 1 fully saturated rings. The van der Waals surface area contributed by atoms with E-state index >= 15 is 0 Å². The van der Waals surface area contributed by atoms with Crippen molar-refractivity contribution in [3.63, 3.8) is 0 Å². The Kier molecular flexibility index (Phi) is 6.52. The quantitative estimate of drug-likeness (QED) is 0.524. The number of fused-ring (bicyclic) bond motifs is 1. The minimum Gasteiger partial charge on any atom is -0.412 e. The van der Waals surface area contributed by atoms with Crippen LogP contribution in [0.15, 0.2) is 67.0 Å². The van der Waals surface area contributed by atoms with Gasteiger partial charge in [0.25, 0.3) is 0 Å². The topological polar surface area (TPSA) is 76.3 Å². The number of hydrogen-bond acceptors (Lipinski definition) is 3. The van der Waals surface area contributed by atoms with E-state index in [0.29, 0.717) is 0 Å². The molecule has 0 radical (unpaired) electrons. The Labute approximate surface area is 176 Å². The Bertz CT molecular complexity index is 1060. The molecule has 0 bridgehead atoms. The van der Waals surface area contributed by atoms with Gasteiger partial charge in [-0.25, -0.2) is 9.97 Å². The van der Waals surface area contributed by atoms with Crippen LogP contribution in [0, 0.1) is 0 Å². The van der Waals surface area contributed by atoms with Crippen LogP contribution >= 0.6 is 12.4 Å². The predicted octanol–water partition coefficient (Wildman–Crippen LogP) is 4.88. The summed E-state index contributed by atoms with van der Waals surface area (Å²) in [7, 11) is 0. The first kappa shape index (κ1) is 20.8. The zero-order chi connectivity index (χ0) is 18.1. The monoisotopic (exact) mass is 408 g/mol. The van der Waals surface area contributed by atoms with Crippen molar-refractivity contribution in [3.05, 3.63) is 67.0 Å². The highest BCUT2D eigenvalue weighted by molar-refractivity contribution is 6.05. The van der Waals surface area contributed by atoms with Crippen molar-refractivity contribution in [1.29, 1.82) is 0 Å². The number of hydrogen-bond donors (Lipinski definition) is 1. The molecule has 3 heterocycles. The molecule has 3 N–H and O–H groups in total. The molecule has 1 aliphatic rings. The second-order valence-corrected chi connectivity index (χ2v) is 7.08. The molecule has 0 spiro atoms. The summed E-state index contributed by atoms with van der Waals surface area (Å²) in [5, 5.41) is 0. The van der Waals surface area contributed by atoms with Gasteiger partial charge in [-0.2, -0.15) is 0 Å². The van der Waals surface area contributed by atoms with E-state index in [2.05, 4.69) is 69.5 Å². The average Bonchev–Trinajstić information content (AvgIpc) is 3.15. The Hall–Kier alpha value is -2.89. The summed E-state index contributed by atoms with van der Waals surface area (Å²) in [6, 6.07) is 21.0. The third-order valence-corrected chi connectivity index (χ3v) is 5.34. The molecular formula is C23H25ClN4O. The van der Waals surface area contributed by atoms with Crippen LogP contribution in [0.1, 0.15) is 19.3 Å². The van der Waals surface area contributed by atoms with E-state index in [1.54, 1.807) is 6.33 Å². The molecule has 0 atom stereocenters. The van der Waals surface area contributed by atoms with Crippen LogP contribution in [0.4, 0.5) is 5.82 Å². The van der Waals surface area contributed by atoms with Crippen molar-refractivity contribution in [2.45, 2.75) is 19.3 Å². The van der Waals surface area contributed by atoms with Crippen molar-refractivity contribution in [2.24, 2.45) is 0 Å². The van der Waals surface area contributed by atoms with E-state index in [1.165, 1.54) is 30.4 Å². The Morgan fingerprint density at radius 1 is 0.759 bits per heavy atom. The number of benzene rings is 2. The molecule has 0 unspecified atom stereocenters. The van der Waals surface area contributed by atoms with Crippen LogP contribution in [0.25, 0.3) is 33.4 Å². The minimum absolute atomic E-state index is 0. The van der Waals surface area contributed by atoms with E-state index in [4.69, 9.17) is 4.98 Å². The van der Waals surface area contributed by atoms with Gasteiger partial charge < -0.3 is 15.4 Å². The van der Waals surface area contributed by atoms with Gasteiger partial charge in [-0.1, -0.05) is 60.7 Å². The first-order valence-electron chi connectivity index (χ1n) is 9.64. The van der Waals surface area contributed by atoms with Gasteiger partial charge in [0, 0.05) is 18.7 Å². The number of piperidine rings is 1. The van der Waals surface area contributed by atoms with Gasteiger partial charge in [-0.15, -0.1) is 12.4 Å². The van der Waals surface area contributed by atoms with Crippen LogP contribution in [0.5, 0.6) is 0 Å². The van der Waals surface area contributed by atoms with Gasteiger partial charge in [0.2, 0.25) is 0 Å². The molecule has 2 aromatic carbocycles. The fourth-order valence-corrected chi connectivity index (χ4v) is 4.04. The van der Waals surface area contributed by atoms with Gasteiger partial charge in [0.1, 0.15) is 17.4 Å². The molecule has 5 rings (SSSR count). The molecule has 2 aromatic heterocycles. The highest BCUT2D eigenvalue weighted by Crippen LogP contribution is 2.39. The standard InChI is InChI=1S/C23H22N4.ClH.H2O/c1-4-10-17(11-5-1)19-20(18-12-6-2-7-13-18)26-22-21(19)24-16-25-23(22)27-14-8-3-9-15-27;;/h1-2,4-7,10-13,16,26H,3,8-9,14-15H2;1H;1H2. The molecule has 6 heteroatoms. The first-order chi connectivity index (χ1) is 13.4. The van der Waals surface area contributed by atoms with Crippen molar-refractivity contribution >= 4 is 29.3 Å². The maximum absolute atomic E-state index is 4.69. The number of rotatable bonds is 3. The maximum Gasteiger partial charge on any atom is 0.156 e. The molecule has 0 amide bonds. The molecule has 5 nitrogen and oxygen atoms in total. The van der Waals surface area contributed by atoms with E-state index in [-0.39, 0.29) is 17.9 Å². The van der Waals surface area contributed by atoms with Crippen molar-refractivity contribution in [2.75, 3.05) is 18.0 Å². The zero-order valence-electron chi connectivity index (χ0n) is 16.1. The van der Waals surface area contributed by atoms with Crippen molar-refractivity contribution < 1.29 is 5.48 Å². The molecule has 4 aromatic rings. The number of nitrogens with one attached hydrogen (secondary N) is 1. The van der Waals surface area contributed by atoms with Crippen molar-refractivity contribution in [1.82, 2.24) is 15.0 Å². The lowest BCUT2D eigenvalue weighted by Crippen LogP contribution is -2.30. The van der Waals surface area contributed by atoms with Crippen LogP contribution in [-0.2, 0) is 0 Å². The lowest BCUT2D eigenvalue weighted by Gasteiger charge is -2.27. The third kappa shape index (κ3) is 3.84. The minimum atomic E-state index is 0. The summed E-state index contributed by atoms with van der Waals surface area (Å²) in [5.41, 5.74) is 6.63. The van der Waals surface area contributed by atoms with Gasteiger partial charge >= 0.3 is 0 Å². The van der Waals surface area contributed by atoms with Gasteiger partial charge in [0.05, 0.1) is 5.69 Å². The highest BCUT2D eigenvalue weighted by atomic mass is 35.5. The van der Waals surface area contributed by atoms with E-state index in [0.717, 1.165) is 41.2 Å². The van der Waals surface area contributed by atoms with Gasteiger partial charge in [-0.05, 0) is 30.4 Å². The van der Waals surface area contributed by atoms with Gasteiger partial charge in [-0.3, -0.25) is 0 Å². The zero-order valence-corrected chi connectivity index (χ0v) is 17.0. The SMILES string of the molecule is Cl.O.c1ccc(-c2[nH]c3c(N4CCCCC4)ncnc3c2-c2ccccc2)cc1. The predicted molar refractivity (Wildman–Crippen MR) is 122 cm³/mol. The van der Waals surface area contributed by atoms with E-state index < -0.39 is 0 Å². The molecule has 29 heavy (non-hydrogen) atoms. The fraction of sp³-hybridized carbons (Fsp3) is 0.217. The van der Waals surface area contributed by atoms with E-state index in [9.17, 15) is 0 Å². The summed E-state index contributed by atoms with van der Waals surface area (Å²) < 4.78 is 0. The molecule has 150 valence electrons.